The molecule has 0 spiro atoms. The van der Waals surface area contributed by atoms with Crippen molar-refractivity contribution in [2.24, 2.45) is 0 Å². The topological polar surface area (TPSA) is 80.0 Å². The Morgan fingerprint density at radius 2 is 1.78 bits per heavy atom. The van der Waals surface area contributed by atoms with E-state index in [1.54, 1.807) is 64.7 Å². The number of hydrogen-bond acceptors (Lipinski definition) is 6. The van der Waals surface area contributed by atoms with Crippen LogP contribution in [-0.2, 0) is 0 Å². The molecule has 0 saturated carbocycles. The molecular formula is C21H25NO5. The Hall–Kier alpha value is -3.15. The van der Waals surface area contributed by atoms with E-state index in [-0.39, 0.29) is 5.78 Å². The lowest BCUT2D eigenvalue weighted by Crippen LogP contribution is -2.04. The standard InChI is InChI=1S/C21H25NO5/c1-6-27-18-11-14(7-8-17(18)22)20(23)13(2)9-15-10-16(24-3)12-19(25-4)21(15)26-5/h7-12H,6,22H2,1-5H3. The normalized spacial score (nSPS) is 11.1. The lowest BCUT2D eigenvalue weighted by atomic mass is 10.0. The minimum Gasteiger partial charge on any atom is -0.497 e. The number of allylic oxidation sites excluding steroid dienone is 1. The van der Waals surface area contributed by atoms with E-state index in [1.807, 2.05) is 6.92 Å². The molecule has 2 aromatic rings. The monoisotopic (exact) mass is 371 g/mol. The maximum atomic E-state index is 12.9. The van der Waals surface area contributed by atoms with Crippen LogP contribution in [0.3, 0.4) is 0 Å². The largest absolute Gasteiger partial charge is 0.497 e. The first-order valence-corrected chi connectivity index (χ1v) is 8.50. The van der Waals surface area contributed by atoms with Crippen molar-refractivity contribution < 1.29 is 23.7 Å². The second kappa shape index (κ2) is 8.98. The van der Waals surface area contributed by atoms with Gasteiger partial charge in [-0.2, -0.15) is 0 Å². The van der Waals surface area contributed by atoms with Crippen LogP contribution in [0.5, 0.6) is 23.0 Å². The van der Waals surface area contributed by atoms with Crippen molar-refractivity contribution in [1.82, 2.24) is 0 Å². The molecule has 0 radical (unpaired) electrons. The van der Waals surface area contributed by atoms with Crippen LogP contribution in [-0.4, -0.2) is 33.7 Å². The first-order chi connectivity index (χ1) is 12.9. The van der Waals surface area contributed by atoms with Gasteiger partial charge in [0.05, 0.1) is 33.6 Å². The van der Waals surface area contributed by atoms with Crippen molar-refractivity contribution in [3.8, 4) is 23.0 Å². The summed E-state index contributed by atoms with van der Waals surface area (Å²) < 4.78 is 21.6. The zero-order chi connectivity index (χ0) is 20.0. The maximum absolute atomic E-state index is 12.9. The highest BCUT2D eigenvalue weighted by Crippen LogP contribution is 2.37. The number of rotatable bonds is 8. The molecule has 0 heterocycles. The molecule has 0 aromatic heterocycles. The fourth-order valence-electron chi connectivity index (χ4n) is 2.68. The van der Waals surface area contributed by atoms with Gasteiger partial charge in [0, 0.05) is 17.2 Å². The van der Waals surface area contributed by atoms with E-state index in [1.165, 1.54) is 0 Å². The van der Waals surface area contributed by atoms with Crippen LogP contribution in [0.15, 0.2) is 35.9 Å². The summed E-state index contributed by atoms with van der Waals surface area (Å²) in [5.74, 6) is 2.01. The molecule has 0 aliphatic carbocycles. The van der Waals surface area contributed by atoms with Crippen molar-refractivity contribution in [2.45, 2.75) is 13.8 Å². The maximum Gasteiger partial charge on any atom is 0.188 e. The molecule has 2 N–H and O–H groups in total. The zero-order valence-corrected chi connectivity index (χ0v) is 16.3. The average molecular weight is 371 g/mol. The summed E-state index contributed by atoms with van der Waals surface area (Å²) in [4.78, 5) is 12.9. The molecule has 2 aromatic carbocycles. The Labute approximate surface area is 159 Å². The number of carbonyl (C=O) groups excluding carboxylic acids is 1. The first-order valence-electron chi connectivity index (χ1n) is 8.50. The summed E-state index contributed by atoms with van der Waals surface area (Å²) in [6.07, 6.45) is 1.74. The Bertz CT molecular complexity index is 858. The Balaban J connectivity index is 2.45. The molecule has 0 amide bonds. The fraction of sp³-hybridized carbons (Fsp3) is 0.286. The minimum atomic E-state index is -0.139. The third-order valence-corrected chi connectivity index (χ3v) is 4.02. The number of benzene rings is 2. The SMILES string of the molecule is CCOc1cc(C(=O)C(C)=Cc2cc(OC)cc(OC)c2OC)ccc1N. The summed E-state index contributed by atoms with van der Waals surface area (Å²) in [6.45, 7) is 4.07. The van der Waals surface area contributed by atoms with Gasteiger partial charge in [0.25, 0.3) is 0 Å². The van der Waals surface area contributed by atoms with Crippen LogP contribution in [0.4, 0.5) is 5.69 Å². The van der Waals surface area contributed by atoms with E-state index in [4.69, 9.17) is 24.7 Å². The molecular weight excluding hydrogens is 346 g/mol. The van der Waals surface area contributed by atoms with Crippen LogP contribution in [0.25, 0.3) is 6.08 Å². The van der Waals surface area contributed by atoms with E-state index in [9.17, 15) is 4.79 Å². The Morgan fingerprint density at radius 3 is 2.37 bits per heavy atom. The van der Waals surface area contributed by atoms with Crippen LogP contribution >= 0.6 is 0 Å². The highest BCUT2D eigenvalue weighted by molar-refractivity contribution is 6.11. The number of anilines is 1. The third-order valence-electron chi connectivity index (χ3n) is 4.02. The van der Waals surface area contributed by atoms with E-state index in [2.05, 4.69) is 0 Å². The molecule has 6 nitrogen and oxygen atoms in total. The highest BCUT2D eigenvalue weighted by Gasteiger charge is 2.15. The van der Waals surface area contributed by atoms with Crippen molar-refractivity contribution >= 4 is 17.5 Å². The molecule has 0 unspecified atom stereocenters. The summed E-state index contributed by atoms with van der Waals surface area (Å²) in [5.41, 5.74) is 8.08. The van der Waals surface area contributed by atoms with E-state index < -0.39 is 0 Å². The number of carbonyl (C=O) groups is 1. The van der Waals surface area contributed by atoms with Crippen LogP contribution in [0.2, 0.25) is 0 Å². The van der Waals surface area contributed by atoms with Crippen molar-refractivity contribution in [3.05, 3.63) is 47.0 Å². The molecule has 0 bridgehead atoms. The van der Waals surface area contributed by atoms with Gasteiger partial charge in [0.2, 0.25) is 0 Å². The number of nitrogen functional groups attached to an aromatic ring is 1. The van der Waals surface area contributed by atoms with Crippen molar-refractivity contribution in [2.75, 3.05) is 33.7 Å². The predicted molar refractivity (Wildman–Crippen MR) is 106 cm³/mol. The second-order valence-corrected chi connectivity index (χ2v) is 5.79. The molecule has 0 atom stereocenters. The van der Waals surface area contributed by atoms with Gasteiger partial charge in [0.1, 0.15) is 11.5 Å². The van der Waals surface area contributed by atoms with Gasteiger partial charge < -0.3 is 24.7 Å². The quantitative estimate of drug-likeness (QED) is 0.429. The Kier molecular flexibility index (Phi) is 6.71. The lowest BCUT2D eigenvalue weighted by Gasteiger charge is -2.13. The summed E-state index contributed by atoms with van der Waals surface area (Å²) >= 11 is 0. The van der Waals surface area contributed by atoms with Crippen LogP contribution in [0, 0.1) is 0 Å². The molecule has 27 heavy (non-hydrogen) atoms. The number of ketones is 1. The summed E-state index contributed by atoms with van der Waals surface area (Å²) in [6, 6.07) is 8.51. The zero-order valence-electron chi connectivity index (χ0n) is 16.3. The van der Waals surface area contributed by atoms with Gasteiger partial charge in [0.15, 0.2) is 17.3 Å². The van der Waals surface area contributed by atoms with E-state index in [0.29, 0.717) is 52.0 Å². The number of ether oxygens (including phenoxy) is 4. The third kappa shape index (κ3) is 4.53. The van der Waals surface area contributed by atoms with Gasteiger partial charge in [-0.1, -0.05) is 0 Å². The van der Waals surface area contributed by atoms with Gasteiger partial charge in [-0.3, -0.25) is 4.79 Å². The molecule has 0 aliphatic heterocycles. The molecule has 0 saturated heterocycles. The van der Waals surface area contributed by atoms with Gasteiger partial charge in [-0.25, -0.2) is 0 Å². The second-order valence-electron chi connectivity index (χ2n) is 5.79. The van der Waals surface area contributed by atoms with Gasteiger partial charge in [-0.05, 0) is 49.8 Å². The summed E-state index contributed by atoms with van der Waals surface area (Å²) in [5, 5.41) is 0. The highest BCUT2D eigenvalue weighted by atomic mass is 16.5. The Morgan fingerprint density at radius 1 is 1.04 bits per heavy atom. The lowest BCUT2D eigenvalue weighted by molar-refractivity contribution is 0.103. The number of methoxy groups -OCH3 is 3. The summed E-state index contributed by atoms with van der Waals surface area (Å²) in [7, 11) is 4.66. The fourth-order valence-corrected chi connectivity index (χ4v) is 2.68. The van der Waals surface area contributed by atoms with Crippen molar-refractivity contribution in [1.29, 1.82) is 0 Å². The molecule has 0 aliphatic rings. The van der Waals surface area contributed by atoms with Crippen molar-refractivity contribution in [3.63, 3.8) is 0 Å². The number of nitrogens with two attached hydrogens (primary N) is 1. The van der Waals surface area contributed by atoms with Crippen LogP contribution in [0.1, 0.15) is 29.8 Å². The average Bonchev–Trinajstić information content (AvgIpc) is 2.68. The number of Topliss-reactive ketones (excluding diaryl/α,β-unsaturated/α-hetero) is 1. The molecule has 2 rings (SSSR count). The van der Waals surface area contributed by atoms with E-state index >= 15 is 0 Å². The minimum absolute atomic E-state index is 0.139. The van der Waals surface area contributed by atoms with Crippen LogP contribution < -0.4 is 24.7 Å². The van der Waals surface area contributed by atoms with Gasteiger partial charge in [-0.15, -0.1) is 0 Å². The van der Waals surface area contributed by atoms with Gasteiger partial charge >= 0.3 is 0 Å². The first kappa shape index (κ1) is 20.2. The molecule has 6 heteroatoms. The smallest absolute Gasteiger partial charge is 0.188 e. The molecule has 144 valence electrons. The predicted octanol–water partition coefficient (Wildman–Crippen LogP) is 3.98. The van der Waals surface area contributed by atoms with E-state index in [0.717, 1.165) is 0 Å². The number of hydrogen-bond donors (Lipinski definition) is 1. The molecule has 0 fully saturated rings.